The van der Waals surface area contributed by atoms with E-state index in [1.807, 2.05) is 50.2 Å². The summed E-state index contributed by atoms with van der Waals surface area (Å²) in [6, 6.07) is 11.7. The van der Waals surface area contributed by atoms with Gasteiger partial charge in [0.15, 0.2) is 0 Å². The number of nitrogens with one attached hydrogen (secondary N) is 1. The molecule has 1 aromatic heterocycles. The Hall–Kier alpha value is -2.63. The second-order valence-corrected chi connectivity index (χ2v) is 7.25. The third-order valence-corrected chi connectivity index (χ3v) is 5.01. The summed E-state index contributed by atoms with van der Waals surface area (Å²) in [7, 11) is 1.63. The van der Waals surface area contributed by atoms with Gasteiger partial charge in [-0.15, -0.1) is 0 Å². The molecule has 2 aromatic rings. The smallest absolute Gasteiger partial charge is 0.228 e. The summed E-state index contributed by atoms with van der Waals surface area (Å²) in [5.41, 5.74) is 1.05. The van der Waals surface area contributed by atoms with E-state index in [0.717, 1.165) is 11.3 Å². The number of aromatic nitrogens is 1. The van der Waals surface area contributed by atoms with Crippen molar-refractivity contribution < 1.29 is 14.1 Å². The van der Waals surface area contributed by atoms with Crippen molar-refractivity contribution in [1.29, 1.82) is 0 Å². The van der Waals surface area contributed by atoms with E-state index in [9.17, 15) is 9.59 Å². The van der Waals surface area contributed by atoms with Crippen LogP contribution < -0.4 is 5.32 Å². The van der Waals surface area contributed by atoms with Gasteiger partial charge in [-0.25, -0.2) is 0 Å². The molecule has 1 atom stereocenters. The highest BCUT2D eigenvalue weighted by atomic mass is 16.5. The van der Waals surface area contributed by atoms with Gasteiger partial charge in [0.1, 0.15) is 11.5 Å². The number of carbonyl (C=O) groups excluding carboxylic acids is 2. The van der Waals surface area contributed by atoms with Gasteiger partial charge < -0.3 is 14.7 Å². The lowest BCUT2D eigenvalue weighted by atomic mass is 9.81. The number of likely N-dealkylation sites (tertiary alicyclic amines) is 1. The topological polar surface area (TPSA) is 75.4 Å². The molecule has 1 aromatic carbocycles. The first-order chi connectivity index (χ1) is 12.4. The van der Waals surface area contributed by atoms with E-state index in [0.29, 0.717) is 31.7 Å². The number of benzene rings is 1. The molecular weight excluding hydrogens is 330 g/mol. The number of rotatable bonds is 5. The minimum Gasteiger partial charge on any atom is -0.361 e. The van der Waals surface area contributed by atoms with Gasteiger partial charge in [-0.1, -0.05) is 49.3 Å². The molecule has 6 nitrogen and oxygen atoms in total. The van der Waals surface area contributed by atoms with Gasteiger partial charge in [-0.2, -0.15) is 0 Å². The second kappa shape index (κ2) is 7.32. The zero-order valence-electron chi connectivity index (χ0n) is 15.5. The van der Waals surface area contributed by atoms with E-state index in [2.05, 4.69) is 10.5 Å². The molecule has 1 fully saturated rings. The molecule has 1 saturated heterocycles. The van der Waals surface area contributed by atoms with Crippen molar-refractivity contribution in [2.24, 2.45) is 11.3 Å². The number of nitrogens with zero attached hydrogens (tertiary/aromatic N) is 2. The molecule has 1 aliphatic heterocycles. The van der Waals surface area contributed by atoms with E-state index in [-0.39, 0.29) is 17.7 Å². The van der Waals surface area contributed by atoms with Gasteiger partial charge >= 0.3 is 0 Å². The molecular formula is C20H25N3O3. The molecule has 0 aliphatic carbocycles. The maximum Gasteiger partial charge on any atom is 0.228 e. The average Bonchev–Trinajstić information content (AvgIpc) is 3.29. The summed E-state index contributed by atoms with van der Waals surface area (Å²) in [5.74, 6) is 0.601. The fourth-order valence-corrected chi connectivity index (χ4v) is 3.58. The van der Waals surface area contributed by atoms with Gasteiger partial charge in [-0.05, 0) is 6.42 Å². The minimum absolute atomic E-state index is 0.0609. The van der Waals surface area contributed by atoms with Gasteiger partial charge in [0.2, 0.25) is 11.8 Å². The molecule has 26 heavy (non-hydrogen) atoms. The molecule has 6 heteroatoms. The van der Waals surface area contributed by atoms with Crippen molar-refractivity contribution in [3.63, 3.8) is 0 Å². The lowest BCUT2D eigenvalue weighted by Crippen LogP contribution is -2.44. The van der Waals surface area contributed by atoms with Crippen LogP contribution in [-0.4, -0.2) is 42.0 Å². The zero-order chi connectivity index (χ0) is 18.7. The molecule has 3 rings (SSSR count). The summed E-state index contributed by atoms with van der Waals surface area (Å²) in [5, 5.41) is 6.90. The SMILES string of the molecule is CNC(=O)[C@]1(Cc2cc(-c3ccccc3)no2)CCN(C(=O)C(C)C)C1. The molecule has 0 saturated carbocycles. The number of hydrogen-bond acceptors (Lipinski definition) is 4. The largest absolute Gasteiger partial charge is 0.361 e. The molecule has 1 N–H and O–H groups in total. The summed E-state index contributed by atoms with van der Waals surface area (Å²) in [4.78, 5) is 26.8. The van der Waals surface area contributed by atoms with Crippen molar-refractivity contribution in [2.75, 3.05) is 20.1 Å². The fourth-order valence-electron chi connectivity index (χ4n) is 3.58. The number of carbonyl (C=O) groups is 2. The molecule has 2 heterocycles. The third kappa shape index (κ3) is 3.49. The van der Waals surface area contributed by atoms with E-state index >= 15 is 0 Å². The lowest BCUT2D eigenvalue weighted by Gasteiger charge is -2.27. The fraction of sp³-hybridized carbons (Fsp3) is 0.450. The van der Waals surface area contributed by atoms with Crippen LogP contribution in [0.1, 0.15) is 26.0 Å². The van der Waals surface area contributed by atoms with Crippen LogP contribution in [0.15, 0.2) is 40.9 Å². The highest BCUT2D eigenvalue weighted by Crippen LogP contribution is 2.36. The van der Waals surface area contributed by atoms with Crippen LogP contribution in [0.5, 0.6) is 0 Å². The van der Waals surface area contributed by atoms with Crippen molar-refractivity contribution in [1.82, 2.24) is 15.4 Å². The summed E-state index contributed by atoms with van der Waals surface area (Å²) < 4.78 is 5.51. The molecule has 138 valence electrons. The Balaban J connectivity index is 1.81. The van der Waals surface area contributed by atoms with Crippen LogP contribution in [0.4, 0.5) is 0 Å². The Morgan fingerprint density at radius 1 is 1.31 bits per heavy atom. The lowest BCUT2D eigenvalue weighted by molar-refractivity contribution is -0.135. The highest BCUT2D eigenvalue weighted by molar-refractivity contribution is 5.86. The Bertz CT molecular complexity index is 785. The third-order valence-electron chi connectivity index (χ3n) is 5.01. The Morgan fingerprint density at radius 2 is 2.04 bits per heavy atom. The quantitative estimate of drug-likeness (QED) is 0.894. The maximum absolute atomic E-state index is 12.6. The van der Waals surface area contributed by atoms with Crippen LogP contribution in [0.2, 0.25) is 0 Å². The summed E-state index contributed by atoms with van der Waals surface area (Å²) in [6.45, 7) is 4.75. The van der Waals surface area contributed by atoms with Crippen LogP contribution >= 0.6 is 0 Å². The van der Waals surface area contributed by atoms with Crippen molar-refractivity contribution in [3.05, 3.63) is 42.2 Å². The van der Waals surface area contributed by atoms with E-state index in [4.69, 9.17) is 4.52 Å². The van der Waals surface area contributed by atoms with Crippen molar-refractivity contribution in [3.8, 4) is 11.3 Å². The Morgan fingerprint density at radius 3 is 2.69 bits per heavy atom. The number of hydrogen-bond donors (Lipinski definition) is 1. The average molecular weight is 355 g/mol. The van der Waals surface area contributed by atoms with Crippen LogP contribution in [0.3, 0.4) is 0 Å². The van der Waals surface area contributed by atoms with Crippen LogP contribution in [0, 0.1) is 11.3 Å². The highest BCUT2D eigenvalue weighted by Gasteiger charge is 2.46. The van der Waals surface area contributed by atoms with Crippen LogP contribution in [0.25, 0.3) is 11.3 Å². The van der Waals surface area contributed by atoms with Crippen molar-refractivity contribution >= 4 is 11.8 Å². The van der Waals surface area contributed by atoms with Crippen LogP contribution in [-0.2, 0) is 16.0 Å². The standard InChI is InChI=1S/C20H25N3O3/c1-14(2)18(24)23-10-9-20(13-23,19(25)21-3)12-16-11-17(22-26-16)15-7-5-4-6-8-15/h4-8,11,14H,9-10,12-13H2,1-3H3,(H,21,25)/t20-/m0/s1. The molecule has 0 spiro atoms. The maximum atomic E-state index is 12.6. The molecule has 0 radical (unpaired) electrons. The van der Waals surface area contributed by atoms with Gasteiger partial charge in [0, 0.05) is 44.1 Å². The zero-order valence-corrected chi connectivity index (χ0v) is 15.5. The molecule has 1 aliphatic rings. The van der Waals surface area contributed by atoms with Gasteiger partial charge in [0.05, 0.1) is 5.41 Å². The first-order valence-corrected chi connectivity index (χ1v) is 8.97. The molecule has 2 amide bonds. The monoisotopic (exact) mass is 355 g/mol. The number of amides is 2. The van der Waals surface area contributed by atoms with Gasteiger partial charge in [0.25, 0.3) is 0 Å². The predicted octanol–water partition coefficient (Wildman–Crippen LogP) is 2.50. The van der Waals surface area contributed by atoms with E-state index < -0.39 is 5.41 Å². The van der Waals surface area contributed by atoms with E-state index in [1.54, 1.807) is 11.9 Å². The predicted molar refractivity (Wildman–Crippen MR) is 98.2 cm³/mol. The molecule has 0 unspecified atom stereocenters. The minimum atomic E-state index is -0.674. The summed E-state index contributed by atoms with van der Waals surface area (Å²) >= 11 is 0. The Labute approximate surface area is 153 Å². The van der Waals surface area contributed by atoms with Gasteiger partial charge in [-0.3, -0.25) is 9.59 Å². The van der Waals surface area contributed by atoms with Crippen molar-refractivity contribution in [2.45, 2.75) is 26.7 Å². The second-order valence-electron chi connectivity index (χ2n) is 7.25. The Kier molecular flexibility index (Phi) is 5.11. The molecule has 0 bridgehead atoms. The summed E-state index contributed by atoms with van der Waals surface area (Å²) in [6.07, 6.45) is 1.04. The first-order valence-electron chi connectivity index (χ1n) is 8.97. The normalized spacial score (nSPS) is 19.8. The van der Waals surface area contributed by atoms with E-state index in [1.165, 1.54) is 0 Å². The first kappa shape index (κ1) is 18.2.